The molecule has 35 heavy (non-hydrogen) atoms. The number of halogens is 1. The van der Waals surface area contributed by atoms with Crippen LogP contribution in [0.25, 0.3) is 10.2 Å². The molecule has 0 radical (unpaired) electrons. The summed E-state index contributed by atoms with van der Waals surface area (Å²) in [7, 11) is -3.84. The monoisotopic (exact) mass is 546 g/mol. The summed E-state index contributed by atoms with van der Waals surface area (Å²) in [5.41, 5.74) is 3.95. The van der Waals surface area contributed by atoms with Gasteiger partial charge in [0.15, 0.2) is 5.13 Å². The van der Waals surface area contributed by atoms with Gasteiger partial charge in [0, 0.05) is 18.9 Å². The molecule has 1 aliphatic rings. The minimum atomic E-state index is -3.84. The normalized spacial score (nSPS) is 16.7. The third-order valence-corrected chi connectivity index (χ3v) is 10.9. The Morgan fingerprint density at radius 3 is 2.63 bits per heavy atom. The molecule has 11 heteroatoms. The number of pyridine rings is 1. The molecule has 182 valence electrons. The number of rotatable bonds is 6. The van der Waals surface area contributed by atoms with Gasteiger partial charge < -0.3 is 0 Å². The van der Waals surface area contributed by atoms with E-state index in [0.29, 0.717) is 22.3 Å². The van der Waals surface area contributed by atoms with Crippen molar-refractivity contribution in [3.63, 3.8) is 0 Å². The lowest BCUT2D eigenvalue weighted by Crippen LogP contribution is -2.47. The van der Waals surface area contributed by atoms with Crippen molar-refractivity contribution < 1.29 is 13.2 Å². The van der Waals surface area contributed by atoms with Crippen LogP contribution in [0.4, 0.5) is 5.13 Å². The Morgan fingerprint density at radius 1 is 1.14 bits per heavy atom. The zero-order valence-electron chi connectivity index (χ0n) is 19.1. The molecule has 1 amide bonds. The average Bonchev–Trinajstić information content (AvgIpc) is 3.60. The summed E-state index contributed by atoms with van der Waals surface area (Å²) >= 11 is 8.44. The number of aryl methyl sites for hydroxylation is 2. The molecule has 4 aromatic rings. The maximum atomic E-state index is 14.0. The topological polar surface area (TPSA) is 83.5 Å². The SMILES string of the molecule is Cc1ccc2sc(N(Cc3ccncc3)C(=O)C3CCCN3S(=O)(=O)c3ccc(Cl)s3)nc2c1C. The van der Waals surface area contributed by atoms with Gasteiger partial charge in [-0.2, -0.15) is 4.31 Å². The van der Waals surface area contributed by atoms with Crippen LogP contribution < -0.4 is 4.90 Å². The van der Waals surface area contributed by atoms with Crippen LogP contribution in [0.15, 0.2) is 53.0 Å². The highest BCUT2D eigenvalue weighted by atomic mass is 35.5. The van der Waals surface area contributed by atoms with E-state index in [0.717, 1.165) is 38.2 Å². The third-order valence-electron chi connectivity index (χ3n) is 6.26. The van der Waals surface area contributed by atoms with Crippen molar-refractivity contribution in [1.29, 1.82) is 0 Å². The second-order valence-corrected chi connectivity index (χ2v) is 13.3. The van der Waals surface area contributed by atoms with Gasteiger partial charge in [-0.15, -0.1) is 11.3 Å². The molecule has 1 fully saturated rings. The molecule has 0 aliphatic carbocycles. The van der Waals surface area contributed by atoms with Crippen molar-refractivity contribution in [1.82, 2.24) is 14.3 Å². The summed E-state index contributed by atoms with van der Waals surface area (Å²) in [5, 5.41) is 0.555. The van der Waals surface area contributed by atoms with Gasteiger partial charge in [-0.3, -0.25) is 14.7 Å². The van der Waals surface area contributed by atoms with Crippen LogP contribution in [0.5, 0.6) is 0 Å². The number of amides is 1. The minimum Gasteiger partial charge on any atom is -0.282 e. The fourth-order valence-electron chi connectivity index (χ4n) is 4.25. The third kappa shape index (κ3) is 4.61. The Balaban J connectivity index is 1.54. The number of sulfonamides is 1. The fourth-order valence-corrected chi connectivity index (χ4v) is 8.54. The van der Waals surface area contributed by atoms with E-state index in [2.05, 4.69) is 4.98 Å². The Hall–Kier alpha value is -2.37. The van der Waals surface area contributed by atoms with E-state index in [1.165, 1.54) is 21.7 Å². The number of benzene rings is 1. The molecule has 1 unspecified atom stereocenters. The maximum Gasteiger partial charge on any atom is 0.253 e. The molecule has 0 saturated carbocycles. The van der Waals surface area contributed by atoms with Gasteiger partial charge >= 0.3 is 0 Å². The molecule has 7 nitrogen and oxygen atoms in total. The van der Waals surface area contributed by atoms with E-state index in [4.69, 9.17) is 16.6 Å². The lowest BCUT2D eigenvalue weighted by Gasteiger charge is -2.28. The van der Waals surface area contributed by atoms with Crippen molar-refractivity contribution in [2.24, 2.45) is 0 Å². The summed E-state index contributed by atoms with van der Waals surface area (Å²) in [6.45, 7) is 4.61. The van der Waals surface area contributed by atoms with Crippen molar-refractivity contribution >= 4 is 65.6 Å². The highest BCUT2D eigenvalue weighted by Gasteiger charge is 2.42. The van der Waals surface area contributed by atoms with E-state index >= 15 is 0 Å². The fraction of sp³-hybridized carbons (Fsp3) is 0.292. The lowest BCUT2D eigenvalue weighted by molar-refractivity contribution is -0.121. The van der Waals surface area contributed by atoms with Crippen molar-refractivity contribution in [2.75, 3.05) is 11.4 Å². The van der Waals surface area contributed by atoms with Crippen LogP contribution >= 0.6 is 34.3 Å². The van der Waals surface area contributed by atoms with Crippen LogP contribution in [0, 0.1) is 13.8 Å². The molecule has 0 spiro atoms. The van der Waals surface area contributed by atoms with Crippen molar-refractivity contribution in [3.8, 4) is 0 Å². The largest absolute Gasteiger partial charge is 0.282 e. The molecule has 0 bridgehead atoms. The first-order valence-corrected chi connectivity index (χ1v) is 14.5. The molecular formula is C24H23ClN4O3S3. The van der Waals surface area contributed by atoms with Crippen LogP contribution in [0.2, 0.25) is 4.34 Å². The second-order valence-electron chi connectivity index (χ2n) is 8.46. The zero-order valence-corrected chi connectivity index (χ0v) is 22.3. The molecule has 1 aliphatic heterocycles. The number of nitrogens with zero attached hydrogens (tertiary/aromatic N) is 4. The predicted octanol–water partition coefficient (Wildman–Crippen LogP) is 5.41. The summed E-state index contributed by atoms with van der Waals surface area (Å²) in [6, 6.07) is 10.0. The number of thiazole rings is 1. The standard InChI is InChI=1S/C24H23ClN4O3S3/c1-15-5-6-19-22(16(15)2)27-24(33-19)28(14-17-9-11-26-12-10-17)23(30)18-4-3-13-29(18)35(31,32)21-8-7-20(25)34-21/h5-12,18H,3-4,13-14H2,1-2H3. The van der Waals surface area contributed by atoms with Gasteiger partial charge in [0.05, 0.1) is 21.1 Å². The van der Waals surface area contributed by atoms with E-state index in [9.17, 15) is 13.2 Å². The highest BCUT2D eigenvalue weighted by molar-refractivity contribution is 7.91. The van der Waals surface area contributed by atoms with Gasteiger partial charge in [-0.25, -0.2) is 13.4 Å². The van der Waals surface area contributed by atoms with Crippen molar-refractivity contribution in [3.05, 3.63) is 69.8 Å². The number of hydrogen-bond donors (Lipinski definition) is 0. The molecular weight excluding hydrogens is 524 g/mol. The number of aromatic nitrogens is 2. The van der Waals surface area contributed by atoms with Gasteiger partial charge in [-0.05, 0) is 73.7 Å². The van der Waals surface area contributed by atoms with Crippen LogP contribution in [0.3, 0.4) is 0 Å². The van der Waals surface area contributed by atoms with E-state index in [-0.39, 0.29) is 23.2 Å². The van der Waals surface area contributed by atoms with E-state index < -0.39 is 16.1 Å². The zero-order chi connectivity index (χ0) is 24.7. The number of fused-ring (bicyclic) bond motifs is 1. The lowest BCUT2D eigenvalue weighted by atomic mass is 10.1. The second kappa shape index (κ2) is 9.59. The van der Waals surface area contributed by atoms with Gasteiger partial charge in [0.25, 0.3) is 10.0 Å². The number of hydrogen-bond acceptors (Lipinski definition) is 7. The van der Waals surface area contributed by atoms with E-state index in [1.807, 2.05) is 38.1 Å². The first-order valence-electron chi connectivity index (χ1n) is 11.1. The molecule has 5 rings (SSSR count). The van der Waals surface area contributed by atoms with Gasteiger partial charge in [0.2, 0.25) is 5.91 Å². The molecule has 1 aromatic carbocycles. The van der Waals surface area contributed by atoms with E-state index in [1.54, 1.807) is 23.4 Å². The Labute approximate surface area is 217 Å². The first-order chi connectivity index (χ1) is 16.8. The molecule has 3 aromatic heterocycles. The van der Waals surface area contributed by atoms with Crippen LogP contribution in [-0.2, 0) is 21.4 Å². The van der Waals surface area contributed by atoms with Crippen molar-refractivity contribution in [2.45, 2.75) is 43.5 Å². The van der Waals surface area contributed by atoms with Crippen LogP contribution in [-0.4, -0.2) is 41.2 Å². The summed E-state index contributed by atoms with van der Waals surface area (Å²) in [6.07, 6.45) is 4.41. The minimum absolute atomic E-state index is 0.147. The quantitative estimate of drug-likeness (QED) is 0.323. The summed E-state index contributed by atoms with van der Waals surface area (Å²) < 4.78 is 29.6. The van der Waals surface area contributed by atoms with Gasteiger partial charge in [-0.1, -0.05) is 29.0 Å². The van der Waals surface area contributed by atoms with Gasteiger partial charge in [0.1, 0.15) is 10.3 Å². The highest BCUT2D eigenvalue weighted by Crippen LogP contribution is 2.36. The molecule has 1 atom stereocenters. The Morgan fingerprint density at radius 2 is 1.91 bits per heavy atom. The van der Waals surface area contributed by atoms with Crippen LogP contribution in [0.1, 0.15) is 29.5 Å². The summed E-state index contributed by atoms with van der Waals surface area (Å²) in [4.78, 5) is 24.5. The Kier molecular flexibility index (Phi) is 6.67. The Bertz CT molecular complexity index is 1500. The number of anilines is 1. The molecule has 4 heterocycles. The predicted molar refractivity (Wildman–Crippen MR) is 141 cm³/mol. The smallest absolute Gasteiger partial charge is 0.253 e. The number of thiophene rings is 1. The average molecular weight is 547 g/mol. The number of carbonyl (C=O) groups excluding carboxylic acids is 1. The molecule has 1 saturated heterocycles. The molecule has 0 N–H and O–H groups in total. The maximum absolute atomic E-state index is 14.0. The number of carbonyl (C=O) groups is 1. The summed E-state index contributed by atoms with van der Waals surface area (Å²) in [5.74, 6) is -0.279. The first kappa shape index (κ1) is 24.3.